The SMILES string of the molecule is C[C@H](NC(=O)c1cn[nH]c1-c1cccc(Br)c1)c1ccccc1. The highest BCUT2D eigenvalue weighted by atomic mass is 79.9. The largest absolute Gasteiger partial charge is 0.345 e. The molecule has 0 aliphatic heterocycles. The zero-order chi connectivity index (χ0) is 16.2. The Hall–Kier alpha value is -2.40. The monoisotopic (exact) mass is 369 g/mol. The first-order chi connectivity index (χ1) is 11.1. The number of carbonyl (C=O) groups excluding carboxylic acids is 1. The van der Waals surface area contributed by atoms with E-state index in [4.69, 9.17) is 0 Å². The molecule has 116 valence electrons. The van der Waals surface area contributed by atoms with E-state index in [-0.39, 0.29) is 11.9 Å². The first-order valence-corrected chi connectivity index (χ1v) is 8.09. The van der Waals surface area contributed by atoms with Gasteiger partial charge in [0.25, 0.3) is 5.91 Å². The summed E-state index contributed by atoms with van der Waals surface area (Å²) in [5.41, 5.74) is 3.22. The van der Waals surface area contributed by atoms with Crippen LogP contribution in [-0.2, 0) is 0 Å². The van der Waals surface area contributed by atoms with Crippen LogP contribution in [0.5, 0.6) is 0 Å². The fourth-order valence-corrected chi connectivity index (χ4v) is 2.82. The highest BCUT2D eigenvalue weighted by Crippen LogP contribution is 2.24. The van der Waals surface area contributed by atoms with Crippen molar-refractivity contribution < 1.29 is 4.79 Å². The Labute approximate surface area is 143 Å². The molecule has 23 heavy (non-hydrogen) atoms. The topological polar surface area (TPSA) is 57.8 Å². The number of carbonyl (C=O) groups is 1. The molecular formula is C18H16BrN3O. The normalized spacial score (nSPS) is 11.9. The van der Waals surface area contributed by atoms with Gasteiger partial charge >= 0.3 is 0 Å². The quantitative estimate of drug-likeness (QED) is 0.718. The number of halogens is 1. The van der Waals surface area contributed by atoms with Crippen LogP contribution in [0.25, 0.3) is 11.3 Å². The molecule has 4 nitrogen and oxygen atoms in total. The van der Waals surface area contributed by atoms with Crippen molar-refractivity contribution >= 4 is 21.8 Å². The molecule has 0 spiro atoms. The molecule has 0 saturated heterocycles. The number of nitrogens with zero attached hydrogens (tertiary/aromatic N) is 1. The molecule has 0 radical (unpaired) electrons. The smallest absolute Gasteiger partial charge is 0.255 e. The van der Waals surface area contributed by atoms with Gasteiger partial charge in [-0.3, -0.25) is 9.89 Å². The third-order valence-corrected chi connectivity index (χ3v) is 4.14. The van der Waals surface area contributed by atoms with Gasteiger partial charge in [-0.1, -0.05) is 58.4 Å². The van der Waals surface area contributed by atoms with Gasteiger partial charge in [-0.25, -0.2) is 0 Å². The summed E-state index contributed by atoms with van der Waals surface area (Å²) in [7, 11) is 0. The van der Waals surface area contributed by atoms with Crippen molar-refractivity contribution in [1.82, 2.24) is 15.5 Å². The van der Waals surface area contributed by atoms with Crippen LogP contribution in [-0.4, -0.2) is 16.1 Å². The Morgan fingerprint density at radius 2 is 1.96 bits per heavy atom. The van der Waals surface area contributed by atoms with E-state index in [0.717, 1.165) is 15.6 Å². The molecule has 0 aliphatic rings. The van der Waals surface area contributed by atoms with Crippen molar-refractivity contribution in [3.05, 3.63) is 76.4 Å². The third kappa shape index (κ3) is 3.51. The molecule has 2 aromatic carbocycles. The molecule has 0 fully saturated rings. The van der Waals surface area contributed by atoms with E-state index in [1.165, 1.54) is 0 Å². The lowest BCUT2D eigenvalue weighted by Gasteiger charge is -2.14. The number of aromatic nitrogens is 2. The van der Waals surface area contributed by atoms with E-state index in [1.54, 1.807) is 6.20 Å². The Morgan fingerprint density at radius 1 is 1.17 bits per heavy atom. The number of hydrogen-bond donors (Lipinski definition) is 2. The minimum atomic E-state index is -0.148. The van der Waals surface area contributed by atoms with Gasteiger partial charge in [-0.2, -0.15) is 5.10 Å². The Balaban J connectivity index is 1.83. The van der Waals surface area contributed by atoms with E-state index in [2.05, 4.69) is 31.4 Å². The molecule has 1 aromatic heterocycles. The van der Waals surface area contributed by atoms with Gasteiger partial charge in [0.2, 0.25) is 0 Å². The predicted octanol–water partition coefficient (Wildman–Crippen LogP) is 4.33. The lowest BCUT2D eigenvalue weighted by Crippen LogP contribution is -2.26. The molecule has 5 heteroatoms. The maximum absolute atomic E-state index is 12.6. The minimum absolute atomic E-state index is 0.0750. The average molecular weight is 370 g/mol. The third-order valence-electron chi connectivity index (χ3n) is 3.64. The molecule has 1 heterocycles. The van der Waals surface area contributed by atoms with Gasteiger partial charge in [-0.15, -0.1) is 0 Å². The van der Waals surface area contributed by atoms with Crippen LogP contribution in [0, 0.1) is 0 Å². The van der Waals surface area contributed by atoms with Crippen LogP contribution < -0.4 is 5.32 Å². The van der Waals surface area contributed by atoms with Crippen LogP contribution in [0.15, 0.2) is 65.3 Å². The van der Waals surface area contributed by atoms with Gasteiger partial charge in [-0.05, 0) is 24.6 Å². The Kier molecular flexibility index (Phi) is 4.57. The fourth-order valence-electron chi connectivity index (χ4n) is 2.42. The molecule has 0 aliphatic carbocycles. The summed E-state index contributed by atoms with van der Waals surface area (Å²) in [5.74, 6) is -0.148. The summed E-state index contributed by atoms with van der Waals surface area (Å²) in [4.78, 5) is 12.6. The van der Waals surface area contributed by atoms with Gasteiger partial charge in [0, 0.05) is 10.0 Å². The second-order valence-corrected chi connectivity index (χ2v) is 6.19. The molecule has 3 rings (SSSR count). The fraction of sp³-hybridized carbons (Fsp3) is 0.111. The first-order valence-electron chi connectivity index (χ1n) is 7.30. The van der Waals surface area contributed by atoms with Crippen molar-refractivity contribution in [1.29, 1.82) is 0 Å². The number of nitrogens with one attached hydrogen (secondary N) is 2. The van der Waals surface area contributed by atoms with Gasteiger partial charge in [0.1, 0.15) is 0 Å². The zero-order valence-electron chi connectivity index (χ0n) is 12.6. The van der Waals surface area contributed by atoms with Crippen LogP contribution in [0.3, 0.4) is 0 Å². The highest BCUT2D eigenvalue weighted by Gasteiger charge is 2.17. The van der Waals surface area contributed by atoms with Crippen molar-refractivity contribution in [2.75, 3.05) is 0 Å². The molecule has 0 saturated carbocycles. The summed E-state index contributed by atoms with van der Waals surface area (Å²) in [6.07, 6.45) is 1.56. The van der Waals surface area contributed by atoms with Gasteiger partial charge < -0.3 is 5.32 Å². The van der Waals surface area contributed by atoms with Crippen LogP contribution >= 0.6 is 15.9 Å². The number of hydrogen-bond acceptors (Lipinski definition) is 2. The van der Waals surface area contributed by atoms with E-state index in [9.17, 15) is 4.79 Å². The van der Waals surface area contributed by atoms with Crippen LogP contribution in [0.1, 0.15) is 28.9 Å². The number of benzene rings is 2. The standard InChI is InChI=1S/C18H16BrN3O/c1-12(13-6-3-2-4-7-13)21-18(23)16-11-20-22-17(16)14-8-5-9-15(19)10-14/h2-12H,1H3,(H,20,22)(H,21,23)/t12-/m0/s1. The maximum atomic E-state index is 12.6. The highest BCUT2D eigenvalue weighted by molar-refractivity contribution is 9.10. The van der Waals surface area contributed by atoms with E-state index in [1.807, 2.05) is 61.5 Å². The predicted molar refractivity (Wildman–Crippen MR) is 94.0 cm³/mol. The minimum Gasteiger partial charge on any atom is -0.345 e. The summed E-state index contributed by atoms with van der Waals surface area (Å²) < 4.78 is 0.952. The number of rotatable bonds is 4. The molecule has 0 bridgehead atoms. The second kappa shape index (κ2) is 6.79. The molecule has 0 unspecified atom stereocenters. The number of aromatic amines is 1. The summed E-state index contributed by atoms with van der Waals surface area (Å²) >= 11 is 3.45. The van der Waals surface area contributed by atoms with Crippen molar-refractivity contribution in [3.63, 3.8) is 0 Å². The van der Waals surface area contributed by atoms with E-state index < -0.39 is 0 Å². The Morgan fingerprint density at radius 3 is 2.70 bits per heavy atom. The van der Waals surface area contributed by atoms with Crippen LogP contribution in [0.4, 0.5) is 0 Å². The zero-order valence-corrected chi connectivity index (χ0v) is 14.2. The molecule has 1 amide bonds. The molecule has 2 N–H and O–H groups in total. The molecule has 1 atom stereocenters. The molecule has 3 aromatic rings. The lowest BCUT2D eigenvalue weighted by molar-refractivity contribution is 0.0940. The van der Waals surface area contributed by atoms with Crippen LogP contribution in [0.2, 0.25) is 0 Å². The Bertz CT molecular complexity index is 814. The summed E-state index contributed by atoms with van der Waals surface area (Å²) in [6, 6.07) is 17.6. The molecular weight excluding hydrogens is 354 g/mol. The number of H-pyrrole nitrogens is 1. The summed E-state index contributed by atoms with van der Waals surface area (Å²) in [6.45, 7) is 1.96. The number of amides is 1. The summed E-state index contributed by atoms with van der Waals surface area (Å²) in [5, 5.41) is 9.95. The average Bonchev–Trinajstić information content (AvgIpc) is 3.05. The first kappa shape index (κ1) is 15.5. The van der Waals surface area contributed by atoms with Gasteiger partial charge in [0.15, 0.2) is 0 Å². The lowest BCUT2D eigenvalue weighted by atomic mass is 10.1. The van der Waals surface area contributed by atoms with Crippen molar-refractivity contribution in [2.45, 2.75) is 13.0 Å². The maximum Gasteiger partial charge on any atom is 0.255 e. The van der Waals surface area contributed by atoms with Crippen molar-refractivity contribution in [3.8, 4) is 11.3 Å². The van der Waals surface area contributed by atoms with Gasteiger partial charge in [0.05, 0.1) is 23.5 Å². The van der Waals surface area contributed by atoms with E-state index >= 15 is 0 Å². The second-order valence-electron chi connectivity index (χ2n) is 5.27. The van der Waals surface area contributed by atoms with E-state index in [0.29, 0.717) is 11.3 Å². The van der Waals surface area contributed by atoms with Crippen molar-refractivity contribution in [2.24, 2.45) is 0 Å².